The van der Waals surface area contributed by atoms with Crippen molar-refractivity contribution < 1.29 is 14.3 Å². The number of hydrogen-bond acceptors (Lipinski definition) is 4. The van der Waals surface area contributed by atoms with Crippen LogP contribution in [-0.4, -0.2) is 31.9 Å². The lowest BCUT2D eigenvalue weighted by Crippen LogP contribution is -2.04. The van der Waals surface area contributed by atoms with Gasteiger partial charge in [0.1, 0.15) is 17.2 Å². The topological polar surface area (TPSA) is 38.8 Å². The van der Waals surface area contributed by atoms with E-state index in [1.165, 1.54) is 6.08 Å². The molecule has 0 unspecified atom stereocenters. The van der Waals surface area contributed by atoms with Crippen LogP contribution in [0.25, 0.3) is 0 Å². The molecular formula is C18H18BrNO3. The van der Waals surface area contributed by atoms with Gasteiger partial charge in [0.15, 0.2) is 5.78 Å². The SMILES string of the molecule is COc1ccc(C(=O)/C=C/N(C)C)c(Oc2ccc(Br)cc2)c1. The number of hydrogen-bond donors (Lipinski definition) is 0. The van der Waals surface area contributed by atoms with E-state index in [2.05, 4.69) is 15.9 Å². The van der Waals surface area contributed by atoms with Crippen LogP contribution in [0.2, 0.25) is 0 Å². The van der Waals surface area contributed by atoms with Crippen LogP contribution < -0.4 is 9.47 Å². The molecule has 0 atom stereocenters. The van der Waals surface area contributed by atoms with Crippen molar-refractivity contribution in [2.75, 3.05) is 21.2 Å². The van der Waals surface area contributed by atoms with Crippen LogP contribution in [0, 0.1) is 0 Å². The van der Waals surface area contributed by atoms with Crippen LogP contribution >= 0.6 is 15.9 Å². The van der Waals surface area contributed by atoms with E-state index in [0.29, 0.717) is 22.8 Å². The summed E-state index contributed by atoms with van der Waals surface area (Å²) in [5.41, 5.74) is 0.479. The molecule has 23 heavy (non-hydrogen) atoms. The molecule has 0 aliphatic carbocycles. The van der Waals surface area contributed by atoms with Gasteiger partial charge in [-0.25, -0.2) is 0 Å². The summed E-state index contributed by atoms with van der Waals surface area (Å²) in [5, 5.41) is 0. The molecule has 0 heterocycles. The molecule has 5 heteroatoms. The lowest BCUT2D eigenvalue weighted by Gasteiger charge is -2.12. The summed E-state index contributed by atoms with van der Waals surface area (Å²) in [4.78, 5) is 14.2. The van der Waals surface area contributed by atoms with Gasteiger partial charge in [-0.15, -0.1) is 0 Å². The van der Waals surface area contributed by atoms with Crippen LogP contribution in [0.1, 0.15) is 10.4 Å². The normalized spacial score (nSPS) is 10.6. The smallest absolute Gasteiger partial charge is 0.191 e. The van der Waals surface area contributed by atoms with Crippen molar-refractivity contribution in [1.82, 2.24) is 4.90 Å². The number of benzene rings is 2. The monoisotopic (exact) mass is 375 g/mol. The molecule has 0 amide bonds. The first-order valence-corrected chi connectivity index (χ1v) is 7.79. The highest BCUT2D eigenvalue weighted by atomic mass is 79.9. The fourth-order valence-electron chi connectivity index (χ4n) is 1.85. The van der Waals surface area contributed by atoms with Crippen LogP contribution in [0.4, 0.5) is 0 Å². The minimum absolute atomic E-state index is 0.131. The van der Waals surface area contributed by atoms with Crippen LogP contribution in [0.5, 0.6) is 17.2 Å². The van der Waals surface area contributed by atoms with Crippen molar-refractivity contribution >= 4 is 21.7 Å². The first-order valence-electron chi connectivity index (χ1n) is 7.00. The largest absolute Gasteiger partial charge is 0.497 e. The fourth-order valence-corrected chi connectivity index (χ4v) is 2.12. The molecule has 0 spiro atoms. The standard InChI is InChI=1S/C18H18BrNO3/c1-20(2)11-10-17(21)16-9-8-15(22-3)12-18(16)23-14-6-4-13(19)5-7-14/h4-12H,1-3H3/b11-10+. The Morgan fingerprint density at radius 3 is 2.35 bits per heavy atom. The lowest BCUT2D eigenvalue weighted by molar-refractivity contribution is 0.104. The van der Waals surface area contributed by atoms with Gasteiger partial charge in [-0.1, -0.05) is 15.9 Å². The minimum Gasteiger partial charge on any atom is -0.497 e. The van der Waals surface area contributed by atoms with E-state index < -0.39 is 0 Å². The second kappa shape index (κ2) is 7.83. The predicted molar refractivity (Wildman–Crippen MR) is 94.4 cm³/mol. The molecule has 0 N–H and O–H groups in total. The number of rotatable bonds is 6. The van der Waals surface area contributed by atoms with Gasteiger partial charge in [0, 0.05) is 36.9 Å². The van der Waals surface area contributed by atoms with Crippen molar-refractivity contribution in [3.63, 3.8) is 0 Å². The van der Waals surface area contributed by atoms with Crippen molar-refractivity contribution in [2.24, 2.45) is 0 Å². The van der Waals surface area contributed by atoms with E-state index in [4.69, 9.17) is 9.47 Å². The number of allylic oxidation sites excluding steroid dienone is 1. The third kappa shape index (κ3) is 4.86. The van der Waals surface area contributed by atoms with Crippen molar-refractivity contribution in [1.29, 1.82) is 0 Å². The zero-order valence-electron chi connectivity index (χ0n) is 13.2. The molecule has 0 aliphatic rings. The number of nitrogens with zero attached hydrogens (tertiary/aromatic N) is 1. The summed E-state index contributed by atoms with van der Waals surface area (Å²) in [7, 11) is 5.29. The third-order valence-electron chi connectivity index (χ3n) is 3.02. The van der Waals surface area contributed by atoms with Crippen molar-refractivity contribution in [3.05, 3.63) is 64.8 Å². The number of ether oxygens (including phenoxy) is 2. The Kier molecular flexibility index (Phi) is 5.82. The quantitative estimate of drug-likeness (QED) is 0.549. The van der Waals surface area contributed by atoms with Crippen LogP contribution in [0.15, 0.2) is 59.2 Å². The number of ketones is 1. The summed E-state index contributed by atoms with van der Waals surface area (Å²) >= 11 is 3.38. The maximum absolute atomic E-state index is 12.4. The van der Waals surface area contributed by atoms with E-state index in [0.717, 1.165) is 4.47 Å². The van der Waals surface area contributed by atoms with Crippen LogP contribution in [0.3, 0.4) is 0 Å². The minimum atomic E-state index is -0.131. The van der Waals surface area contributed by atoms with E-state index in [1.807, 2.05) is 38.4 Å². The summed E-state index contributed by atoms with van der Waals surface area (Å²) < 4.78 is 12.0. The van der Waals surface area contributed by atoms with Gasteiger partial charge in [0.05, 0.1) is 12.7 Å². The molecule has 0 saturated heterocycles. The molecule has 0 radical (unpaired) electrons. The third-order valence-corrected chi connectivity index (χ3v) is 3.55. The van der Waals surface area contributed by atoms with E-state index in [-0.39, 0.29) is 5.78 Å². The Bertz CT molecular complexity index is 709. The first-order chi connectivity index (χ1) is 11.0. The Balaban J connectivity index is 2.34. The van der Waals surface area contributed by atoms with Gasteiger partial charge in [-0.2, -0.15) is 0 Å². The Morgan fingerprint density at radius 2 is 1.74 bits per heavy atom. The average molecular weight is 376 g/mol. The molecule has 0 saturated carbocycles. The zero-order valence-corrected chi connectivity index (χ0v) is 14.8. The van der Waals surface area contributed by atoms with Gasteiger partial charge in [-0.05, 0) is 36.4 Å². The molecule has 2 aromatic rings. The average Bonchev–Trinajstić information content (AvgIpc) is 2.54. The van der Waals surface area contributed by atoms with E-state index >= 15 is 0 Å². The number of halogens is 1. The molecular weight excluding hydrogens is 358 g/mol. The van der Waals surface area contributed by atoms with Crippen molar-refractivity contribution in [3.8, 4) is 17.2 Å². The lowest BCUT2D eigenvalue weighted by atomic mass is 10.1. The van der Waals surface area contributed by atoms with Gasteiger partial charge < -0.3 is 14.4 Å². The predicted octanol–water partition coefficient (Wildman–Crippen LogP) is 4.51. The Labute approximate surface area is 144 Å². The summed E-state index contributed by atoms with van der Waals surface area (Å²) in [5.74, 6) is 1.60. The molecule has 0 fully saturated rings. The Hall–Kier alpha value is -2.27. The molecule has 0 aromatic heterocycles. The van der Waals surface area contributed by atoms with E-state index in [1.54, 1.807) is 36.4 Å². The Morgan fingerprint density at radius 1 is 1.09 bits per heavy atom. The number of carbonyl (C=O) groups is 1. The van der Waals surface area contributed by atoms with Crippen LogP contribution in [-0.2, 0) is 0 Å². The second-order valence-electron chi connectivity index (χ2n) is 5.06. The maximum atomic E-state index is 12.4. The summed E-state index contributed by atoms with van der Waals surface area (Å²) in [6, 6.07) is 12.6. The van der Waals surface area contributed by atoms with Gasteiger partial charge >= 0.3 is 0 Å². The summed E-state index contributed by atoms with van der Waals surface area (Å²) in [6.07, 6.45) is 3.21. The zero-order chi connectivity index (χ0) is 16.8. The summed E-state index contributed by atoms with van der Waals surface area (Å²) in [6.45, 7) is 0. The number of carbonyl (C=O) groups excluding carboxylic acids is 1. The molecule has 120 valence electrons. The number of methoxy groups -OCH3 is 1. The fraction of sp³-hybridized carbons (Fsp3) is 0.167. The van der Waals surface area contributed by atoms with Gasteiger partial charge in [-0.3, -0.25) is 4.79 Å². The van der Waals surface area contributed by atoms with E-state index in [9.17, 15) is 4.79 Å². The highest BCUT2D eigenvalue weighted by molar-refractivity contribution is 9.10. The highest BCUT2D eigenvalue weighted by Crippen LogP contribution is 2.30. The van der Waals surface area contributed by atoms with Crippen molar-refractivity contribution in [2.45, 2.75) is 0 Å². The maximum Gasteiger partial charge on any atom is 0.191 e. The highest BCUT2D eigenvalue weighted by Gasteiger charge is 2.13. The second-order valence-corrected chi connectivity index (χ2v) is 5.98. The first kappa shape index (κ1) is 17.1. The van der Waals surface area contributed by atoms with Gasteiger partial charge in [0.25, 0.3) is 0 Å². The molecule has 4 nitrogen and oxygen atoms in total. The molecule has 2 aromatic carbocycles. The van der Waals surface area contributed by atoms with Gasteiger partial charge in [0.2, 0.25) is 0 Å². The molecule has 0 bridgehead atoms. The molecule has 0 aliphatic heterocycles. The molecule has 2 rings (SSSR count).